The van der Waals surface area contributed by atoms with E-state index in [1.165, 1.54) is 12.1 Å². The molecule has 0 radical (unpaired) electrons. The van der Waals surface area contributed by atoms with E-state index in [-0.39, 0.29) is 11.9 Å². The predicted molar refractivity (Wildman–Crippen MR) is 64.7 cm³/mol. The molecule has 0 aromatic heterocycles. The molecule has 2 rings (SSSR count). The van der Waals surface area contributed by atoms with Crippen molar-refractivity contribution >= 4 is 11.6 Å². The molecule has 1 fully saturated rings. The number of halogens is 2. The zero-order chi connectivity index (χ0) is 12.5. The van der Waals surface area contributed by atoms with Crippen LogP contribution in [0, 0.1) is 5.82 Å². The lowest BCUT2D eigenvalue weighted by Gasteiger charge is -2.43. The van der Waals surface area contributed by atoms with Gasteiger partial charge in [-0.1, -0.05) is 11.6 Å². The van der Waals surface area contributed by atoms with E-state index in [0.29, 0.717) is 36.5 Å². The Morgan fingerprint density at radius 2 is 2.24 bits per heavy atom. The van der Waals surface area contributed by atoms with Crippen molar-refractivity contribution in [3.05, 3.63) is 34.6 Å². The van der Waals surface area contributed by atoms with Crippen molar-refractivity contribution in [2.24, 2.45) is 0 Å². The van der Waals surface area contributed by atoms with Crippen LogP contribution in [0.2, 0.25) is 5.02 Å². The largest absolute Gasteiger partial charge is 0.389 e. The first kappa shape index (κ1) is 12.8. The van der Waals surface area contributed by atoms with E-state index >= 15 is 0 Å². The van der Waals surface area contributed by atoms with Crippen molar-refractivity contribution in [2.75, 3.05) is 6.61 Å². The molecule has 0 atom stereocenters. The Balaban J connectivity index is 2.00. The SMILES string of the molecule is CCOC1CC(O)(Cc2cc(Cl)ccc2F)C1. The molecule has 0 spiro atoms. The third-order valence-electron chi connectivity index (χ3n) is 3.14. The van der Waals surface area contributed by atoms with Crippen LogP contribution in [0.25, 0.3) is 0 Å². The van der Waals surface area contributed by atoms with E-state index in [2.05, 4.69) is 0 Å². The second-order valence-electron chi connectivity index (χ2n) is 4.62. The minimum atomic E-state index is -0.842. The molecule has 1 aromatic rings. The lowest BCUT2D eigenvalue weighted by Crippen LogP contribution is -2.50. The fraction of sp³-hybridized carbons (Fsp3) is 0.538. The first-order valence-corrected chi connectivity index (χ1v) is 6.18. The first-order valence-electron chi connectivity index (χ1n) is 5.80. The number of hydrogen-bond donors (Lipinski definition) is 1. The van der Waals surface area contributed by atoms with Gasteiger partial charge in [-0.25, -0.2) is 4.39 Å². The number of rotatable bonds is 4. The van der Waals surface area contributed by atoms with Crippen LogP contribution in [0.5, 0.6) is 0 Å². The van der Waals surface area contributed by atoms with Gasteiger partial charge in [0.05, 0.1) is 11.7 Å². The van der Waals surface area contributed by atoms with Crippen LogP contribution < -0.4 is 0 Å². The summed E-state index contributed by atoms with van der Waals surface area (Å²) in [5.41, 5.74) is -0.374. The number of hydrogen-bond acceptors (Lipinski definition) is 2. The highest BCUT2D eigenvalue weighted by Crippen LogP contribution is 2.38. The fourth-order valence-electron chi connectivity index (χ4n) is 2.32. The minimum Gasteiger partial charge on any atom is -0.389 e. The smallest absolute Gasteiger partial charge is 0.126 e. The summed E-state index contributed by atoms with van der Waals surface area (Å²) in [5, 5.41) is 10.7. The van der Waals surface area contributed by atoms with Crippen LogP contribution in [0.1, 0.15) is 25.3 Å². The van der Waals surface area contributed by atoms with Gasteiger partial charge < -0.3 is 9.84 Å². The number of aliphatic hydroxyl groups is 1. The first-order chi connectivity index (χ1) is 8.02. The molecule has 1 aliphatic rings. The molecule has 1 aliphatic carbocycles. The molecule has 1 saturated carbocycles. The van der Waals surface area contributed by atoms with Gasteiger partial charge in [-0.05, 0) is 30.7 Å². The summed E-state index contributed by atoms with van der Waals surface area (Å²) in [5.74, 6) is -0.317. The Morgan fingerprint density at radius 1 is 1.53 bits per heavy atom. The average molecular weight is 259 g/mol. The van der Waals surface area contributed by atoms with Crippen molar-refractivity contribution in [1.29, 1.82) is 0 Å². The van der Waals surface area contributed by atoms with Crippen LogP contribution in [0.15, 0.2) is 18.2 Å². The molecular formula is C13H16ClFO2. The number of ether oxygens (including phenoxy) is 1. The summed E-state index contributed by atoms with van der Waals surface area (Å²) in [6.45, 7) is 2.57. The highest BCUT2D eigenvalue weighted by molar-refractivity contribution is 6.30. The molecular weight excluding hydrogens is 243 g/mol. The maximum absolute atomic E-state index is 13.5. The molecule has 4 heteroatoms. The lowest BCUT2D eigenvalue weighted by atomic mass is 9.73. The van der Waals surface area contributed by atoms with Gasteiger partial charge in [-0.3, -0.25) is 0 Å². The van der Waals surface area contributed by atoms with Gasteiger partial charge in [0.1, 0.15) is 5.82 Å². The molecule has 1 aromatic carbocycles. The van der Waals surface area contributed by atoms with Crippen molar-refractivity contribution < 1.29 is 14.2 Å². The van der Waals surface area contributed by atoms with E-state index in [4.69, 9.17) is 16.3 Å². The third-order valence-corrected chi connectivity index (χ3v) is 3.38. The molecule has 17 heavy (non-hydrogen) atoms. The van der Waals surface area contributed by atoms with E-state index in [1.54, 1.807) is 6.07 Å². The molecule has 0 amide bonds. The zero-order valence-corrected chi connectivity index (χ0v) is 10.5. The number of benzene rings is 1. The molecule has 0 heterocycles. The Bertz CT molecular complexity index is 402. The molecule has 0 unspecified atom stereocenters. The molecule has 0 bridgehead atoms. The summed E-state index contributed by atoms with van der Waals surface area (Å²) in [7, 11) is 0. The van der Waals surface area contributed by atoms with Crippen molar-refractivity contribution in [2.45, 2.75) is 37.9 Å². The van der Waals surface area contributed by atoms with Crippen molar-refractivity contribution in [3.8, 4) is 0 Å². The van der Waals surface area contributed by atoms with Crippen LogP contribution >= 0.6 is 11.6 Å². The van der Waals surface area contributed by atoms with E-state index in [1.807, 2.05) is 6.92 Å². The molecule has 2 nitrogen and oxygen atoms in total. The summed E-state index contributed by atoms with van der Waals surface area (Å²) < 4.78 is 18.9. The standard InChI is InChI=1S/C13H16ClFO2/c1-2-17-11-7-13(16,8-11)6-9-5-10(14)3-4-12(9)15/h3-5,11,16H,2,6-8H2,1H3. The Kier molecular flexibility index (Phi) is 3.71. The maximum atomic E-state index is 13.5. The second-order valence-corrected chi connectivity index (χ2v) is 5.06. The Hall–Kier alpha value is -0.640. The van der Waals surface area contributed by atoms with Gasteiger partial charge in [-0.2, -0.15) is 0 Å². The maximum Gasteiger partial charge on any atom is 0.126 e. The monoisotopic (exact) mass is 258 g/mol. The van der Waals surface area contributed by atoms with Gasteiger partial charge in [-0.15, -0.1) is 0 Å². The van der Waals surface area contributed by atoms with Crippen LogP contribution in [-0.4, -0.2) is 23.4 Å². The Morgan fingerprint density at radius 3 is 2.88 bits per heavy atom. The Labute approximate surface area is 105 Å². The lowest BCUT2D eigenvalue weighted by molar-refractivity contribution is -0.136. The zero-order valence-electron chi connectivity index (χ0n) is 9.75. The highest BCUT2D eigenvalue weighted by Gasteiger charge is 2.43. The van der Waals surface area contributed by atoms with Crippen molar-refractivity contribution in [1.82, 2.24) is 0 Å². The van der Waals surface area contributed by atoms with Crippen LogP contribution in [-0.2, 0) is 11.2 Å². The molecule has 94 valence electrons. The van der Waals surface area contributed by atoms with Crippen LogP contribution in [0.3, 0.4) is 0 Å². The molecule has 0 aliphatic heterocycles. The van der Waals surface area contributed by atoms with Gasteiger partial charge >= 0.3 is 0 Å². The highest BCUT2D eigenvalue weighted by atomic mass is 35.5. The molecule has 0 saturated heterocycles. The van der Waals surface area contributed by atoms with E-state index in [0.717, 1.165) is 0 Å². The topological polar surface area (TPSA) is 29.5 Å². The summed E-state index contributed by atoms with van der Waals surface area (Å²) in [6.07, 6.45) is 1.52. The predicted octanol–water partition coefficient (Wildman–Crippen LogP) is 2.95. The van der Waals surface area contributed by atoms with E-state index in [9.17, 15) is 9.50 Å². The van der Waals surface area contributed by atoms with Gasteiger partial charge in [0, 0.05) is 30.9 Å². The summed E-state index contributed by atoms with van der Waals surface area (Å²) in [4.78, 5) is 0. The second kappa shape index (κ2) is 4.92. The normalized spacial score (nSPS) is 27.9. The average Bonchev–Trinajstić information content (AvgIpc) is 2.22. The fourth-order valence-corrected chi connectivity index (χ4v) is 2.51. The van der Waals surface area contributed by atoms with Crippen LogP contribution in [0.4, 0.5) is 4.39 Å². The third kappa shape index (κ3) is 2.97. The molecule has 1 N–H and O–H groups in total. The minimum absolute atomic E-state index is 0.104. The van der Waals surface area contributed by atoms with Gasteiger partial charge in [0.25, 0.3) is 0 Å². The summed E-state index contributed by atoms with van der Waals surface area (Å²) in [6, 6.07) is 4.41. The van der Waals surface area contributed by atoms with Gasteiger partial charge in [0.2, 0.25) is 0 Å². The van der Waals surface area contributed by atoms with Gasteiger partial charge in [0.15, 0.2) is 0 Å². The van der Waals surface area contributed by atoms with E-state index < -0.39 is 5.60 Å². The summed E-state index contributed by atoms with van der Waals surface area (Å²) >= 11 is 5.81. The quantitative estimate of drug-likeness (QED) is 0.900. The van der Waals surface area contributed by atoms with Crippen molar-refractivity contribution in [3.63, 3.8) is 0 Å².